The molecule has 33 heavy (non-hydrogen) atoms. The molecule has 160 valence electrons. The normalized spacial score (nSPS) is 13.4. The van der Waals surface area contributed by atoms with E-state index in [-0.39, 0.29) is 18.5 Å². The van der Waals surface area contributed by atoms with E-state index in [9.17, 15) is 10.1 Å². The van der Waals surface area contributed by atoms with E-state index >= 15 is 0 Å². The van der Waals surface area contributed by atoms with Crippen molar-refractivity contribution in [3.05, 3.63) is 72.3 Å². The fourth-order valence-corrected chi connectivity index (χ4v) is 5.77. The molecule has 0 bridgehead atoms. The molecule has 0 N–H and O–H groups in total. The number of nitrogens with zero attached hydrogens (tertiary/aromatic N) is 3. The van der Waals surface area contributed by atoms with Crippen molar-refractivity contribution in [3.8, 4) is 17.6 Å². The number of hydrogen-bond acceptors (Lipinski definition) is 7. The van der Waals surface area contributed by atoms with Crippen molar-refractivity contribution in [2.75, 3.05) is 17.4 Å². The van der Waals surface area contributed by atoms with Crippen molar-refractivity contribution in [1.82, 2.24) is 4.98 Å². The molecule has 6 nitrogen and oxygen atoms in total. The maximum absolute atomic E-state index is 13.5. The van der Waals surface area contributed by atoms with E-state index in [0.29, 0.717) is 27.6 Å². The number of amides is 1. The number of aromatic nitrogens is 1. The Morgan fingerprint density at radius 1 is 1.03 bits per heavy atom. The minimum atomic E-state index is -0.0725. The third-order valence-electron chi connectivity index (χ3n) is 5.41. The SMILES string of the molecule is N#Cc1cc2cc3c(cc2nc1SCC(=O)N1c2ccccc2Sc2ccccc21)OCO3. The lowest BCUT2D eigenvalue weighted by molar-refractivity contribution is -0.115. The molecule has 0 saturated carbocycles. The molecule has 4 aromatic rings. The van der Waals surface area contributed by atoms with Gasteiger partial charge in [0.25, 0.3) is 0 Å². The number of hydrogen-bond donors (Lipinski definition) is 0. The van der Waals surface area contributed by atoms with E-state index in [2.05, 4.69) is 11.1 Å². The van der Waals surface area contributed by atoms with Crippen molar-refractivity contribution in [1.29, 1.82) is 5.26 Å². The lowest BCUT2D eigenvalue weighted by Crippen LogP contribution is -2.30. The van der Waals surface area contributed by atoms with E-state index in [1.54, 1.807) is 28.8 Å². The van der Waals surface area contributed by atoms with Crippen molar-refractivity contribution < 1.29 is 14.3 Å². The standard InChI is InChI=1S/C25H15N3O3S2/c26-12-16-9-15-10-20-21(31-14-30-20)11-17(15)27-25(16)32-13-24(29)28-18-5-1-3-7-22(18)33-23-8-4-2-6-19(23)28/h1-11H,13-14H2. The summed E-state index contributed by atoms with van der Waals surface area (Å²) in [6.45, 7) is 0.171. The smallest absolute Gasteiger partial charge is 0.242 e. The molecule has 2 aliphatic heterocycles. The molecule has 3 heterocycles. The molecule has 3 aromatic carbocycles. The highest BCUT2D eigenvalue weighted by molar-refractivity contribution is 8.00. The molecule has 0 aliphatic carbocycles. The van der Waals surface area contributed by atoms with Crippen LogP contribution in [0, 0.1) is 11.3 Å². The summed E-state index contributed by atoms with van der Waals surface area (Å²) in [5, 5.41) is 11.0. The van der Waals surface area contributed by atoms with E-state index in [4.69, 9.17) is 9.47 Å². The largest absolute Gasteiger partial charge is 0.454 e. The van der Waals surface area contributed by atoms with E-state index in [1.165, 1.54) is 11.8 Å². The van der Waals surface area contributed by atoms with Crippen LogP contribution in [0.2, 0.25) is 0 Å². The number of fused-ring (bicyclic) bond motifs is 4. The van der Waals surface area contributed by atoms with Crippen LogP contribution in [-0.2, 0) is 4.79 Å². The van der Waals surface area contributed by atoms with Gasteiger partial charge in [-0.2, -0.15) is 5.26 Å². The van der Waals surface area contributed by atoms with Crippen molar-refractivity contribution >= 4 is 51.7 Å². The second-order valence-corrected chi connectivity index (χ2v) is 9.45. The number of benzene rings is 3. The summed E-state index contributed by atoms with van der Waals surface area (Å²) in [7, 11) is 0. The Morgan fingerprint density at radius 2 is 1.70 bits per heavy atom. The van der Waals surface area contributed by atoms with E-state index in [0.717, 1.165) is 26.6 Å². The maximum Gasteiger partial charge on any atom is 0.242 e. The second-order valence-electron chi connectivity index (χ2n) is 7.41. The highest BCUT2D eigenvalue weighted by Crippen LogP contribution is 2.48. The Labute approximate surface area is 198 Å². The van der Waals surface area contributed by atoms with Gasteiger partial charge in [-0.1, -0.05) is 47.8 Å². The molecule has 8 heteroatoms. The highest BCUT2D eigenvalue weighted by Gasteiger charge is 2.28. The number of pyridine rings is 1. The molecular formula is C25H15N3O3S2. The first kappa shape index (κ1) is 20.0. The minimum Gasteiger partial charge on any atom is -0.454 e. The third kappa shape index (κ3) is 3.46. The van der Waals surface area contributed by atoms with Gasteiger partial charge in [0.05, 0.1) is 28.2 Å². The van der Waals surface area contributed by atoms with Crippen LogP contribution in [0.4, 0.5) is 11.4 Å². The van der Waals surface area contributed by atoms with Gasteiger partial charge in [0.1, 0.15) is 11.1 Å². The summed E-state index contributed by atoms with van der Waals surface area (Å²) in [5.41, 5.74) is 2.85. The van der Waals surface area contributed by atoms with Gasteiger partial charge < -0.3 is 9.47 Å². The average molecular weight is 470 g/mol. The van der Waals surface area contributed by atoms with Gasteiger partial charge in [0.2, 0.25) is 12.7 Å². The summed E-state index contributed by atoms with van der Waals surface area (Å²) >= 11 is 2.92. The predicted molar refractivity (Wildman–Crippen MR) is 127 cm³/mol. The average Bonchev–Trinajstić information content (AvgIpc) is 3.31. The Bertz CT molecular complexity index is 1440. The van der Waals surface area contributed by atoms with E-state index < -0.39 is 0 Å². The number of carbonyl (C=O) groups excluding carboxylic acids is 1. The van der Waals surface area contributed by atoms with Crippen molar-refractivity contribution in [3.63, 3.8) is 0 Å². The fourth-order valence-electron chi connectivity index (χ4n) is 3.90. The first-order valence-electron chi connectivity index (χ1n) is 10.2. The maximum atomic E-state index is 13.5. The van der Waals surface area contributed by atoms with Crippen LogP contribution in [0.5, 0.6) is 11.5 Å². The van der Waals surface area contributed by atoms with Crippen LogP contribution in [0.1, 0.15) is 5.56 Å². The Balaban J connectivity index is 1.32. The van der Waals surface area contributed by atoms with E-state index in [1.807, 2.05) is 54.6 Å². The molecule has 0 saturated heterocycles. The zero-order valence-electron chi connectivity index (χ0n) is 17.1. The number of anilines is 2. The second kappa shape index (κ2) is 8.03. The minimum absolute atomic E-state index is 0.0725. The number of carbonyl (C=O) groups is 1. The number of para-hydroxylation sites is 2. The lowest BCUT2D eigenvalue weighted by atomic mass is 10.1. The molecule has 1 amide bonds. The summed E-state index contributed by atoms with van der Waals surface area (Å²) in [4.78, 5) is 22.0. The molecule has 0 atom stereocenters. The van der Waals surface area contributed by atoms with Crippen LogP contribution in [0.15, 0.2) is 81.5 Å². The van der Waals surface area contributed by atoms with Gasteiger partial charge in [0.15, 0.2) is 11.5 Å². The van der Waals surface area contributed by atoms with Crippen LogP contribution < -0.4 is 14.4 Å². The molecule has 0 spiro atoms. The third-order valence-corrected chi connectivity index (χ3v) is 7.51. The highest BCUT2D eigenvalue weighted by atomic mass is 32.2. The van der Waals surface area contributed by atoms with Gasteiger partial charge in [0, 0.05) is 21.2 Å². The van der Waals surface area contributed by atoms with Crippen molar-refractivity contribution in [2.24, 2.45) is 0 Å². The monoisotopic (exact) mass is 469 g/mol. The molecule has 0 radical (unpaired) electrons. The fraction of sp³-hybridized carbons (Fsp3) is 0.0800. The van der Waals surface area contributed by atoms with Crippen molar-refractivity contribution in [2.45, 2.75) is 14.8 Å². The molecule has 1 aromatic heterocycles. The summed E-state index contributed by atoms with van der Waals surface area (Å²) in [6, 6.07) is 23.4. The topological polar surface area (TPSA) is 75.5 Å². The van der Waals surface area contributed by atoms with Gasteiger partial charge in [-0.3, -0.25) is 9.69 Å². The van der Waals surface area contributed by atoms with Crippen LogP contribution >= 0.6 is 23.5 Å². The number of ether oxygens (including phenoxy) is 2. The number of nitriles is 1. The molecule has 2 aliphatic rings. The quantitative estimate of drug-likeness (QED) is 0.353. The lowest BCUT2D eigenvalue weighted by Gasteiger charge is -2.31. The zero-order valence-corrected chi connectivity index (χ0v) is 18.8. The molecule has 0 fully saturated rings. The number of rotatable bonds is 3. The Morgan fingerprint density at radius 3 is 2.39 bits per heavy atom. The number of thioether (sulfide) groups is 1. The zero-order chi connectivity index (χ0) is 22.4. The van der Waals surface area contributed by atoms with Gasteiger partial charge in [-0.25, -0.2) is 4.98 Å². The van der Waals surface area contributed by atoms with Gasteiger partial charge in [-0.05, 0) is 36.4 Å². The van der Waals surface area contributed by atoms with Gasteiger partial charge >= 0.3 is 0 Å². The Hall–Kier alpha value is -3.67. The summed E-state index contributed by atoms with van der Waals surface area (Å²) in [5.74, 6) is 1.34. The molecule has 6 rings (SSSR count). The first-order chi connectivity index (χ1) is 16.2. The summed E-state index contributed by atoms with van der Waals surface area (Å²) in [6.07, 6.45) is 0. The van der Waals surface area contributed by atoms with Crippen LogP contribution in [0.25, 0.3) is 10.9 Å². The molecule has 0 unspecified atom stereocenters. The summed E-state index contributed by atoms with van der Waals surface area (Å²) < 4.78 is 10.9. The Kier molecular flexibility index (Phi) is 4.86. The van der Waals surface area contributed by atoms with Crippen LogP contribution in [0.3, 0.4) is 0 Å². The predicted octanol–water partition coefficient (Wildman–Crippen LogP) is 5.76. The first-order valence-corrected chi connectivity index (χ1v) is 12.0. The van der Waals surface area contributed by atoms with Crippen LogP contribution in [-0.4, -0.2) is 23.4 Å². The molecular weight excluding hydrogens is 454 g/mol. The van der Waals surface area contributed by atoms with Gasteiger partial charge in [-0.15, -0.1) is 0 Å².